The highest BCUT2D eigenvalue weighted by atomic mass is 14.3. The fourth-order valence-corrected chi connectivity index (χ4v) is 4.10. The van der Waals surface area contributed by atoms with E-state index in [0.29, 0.717) is 0 Å². The molecule has 0 heterocycles. The Labute approximate surface area is 148 Å². The molecule has 0 nitrogen and oxygen atoms in total. The van der Waals surface area contributed by atoms with Crippen LogP contribution in [0.5, 0.6) is 0 Å². The number of hydrogen-bond donors (Lipinski definition) is 0. The van der Waals surface area contributed by atoms with Gasteiger partial charge in [-0.1, -0.05) is 75.2 Å². The molecule has 0 saturated heterocycles. The van der Waals surface area contributed by atoms with E-state index in [2.05, 4.69) is 62.4 Å². The summed E-state index contributed by atoms with van der Waals surface area (Å²) in [7, 11) is 0. The van der Waals surface area contributed by atoms with Crippen molar-refractivity contribution < 1.29 is 0 Å². The molecule has 0 N–H and O–H groups in total. The summed E-state index contributed by atoms with van der Waals surface area (Å²) in [6.07, 6.45) is 10.7. The number of hydrogen-bond acceptors (Lipinski definition) is 0. The summed E-state index contributed by atoms with van der Waals surface area (Å²) in [6.45, 7) is 4.60. The zero-order valence-corrected chi connectivity index (χ0v) is 15.4. The Kier molecular flexibility index (Phi) is 6.12. The van der Waals surface area contributed by atoms with Gasteiger partial charge in [-0.05, 0) is 72.6 Å². The third-order valence-electron chi connectivity index (χ3n) is 5.91. The summed E-state index contributed by atoms with van der Waals surface area (Å²) >= 11 is 0. The largest absolute Gasteiger partial charge is 0.0654 e. The molecule has 0 radical (unpaired) electrons. The zero-order valence-electron chi connectivity index (χ0n) is 15.4. The summed E-state index contributed by atoms with van der Waals surface area (Å²) in [6, 6.07) is 18.5. The van der Waals surface area contributed by atoms with Gasteiger partial charge in [-0.15, -0.1) is 0 Å². The van der Waals surface area contributed by atoms with Crippen molar-refractivity contribution in [1.82, 2.24) is 0 Å². The Morgan fingerprint density at radius 1 is 0.750 bits per heavy atom. The molecule has 1 fully saturated rings. The highest BCUT2D eigenvalue weighted by Gasteiger charge is 2.21. The smallest absolute Gasteiger partial charge is 0.0162 e. The van der Waals surface area contributed by atoms with E-state index in [9.17, 15) is 0 Å². The van der Waals surface area contributed by atoms with Crippen LogP contribution >= 0.6 is 0 Å². The Bertz CT molecular complexity index is 597. The molecule has 1 aliphatic carbocycles. The first-order chi connectivity index (χ1) is 11.8. The van der Waals surface area contributed by atoms with E-state index in [0.717, 1.165) is 11.8 Å². The third kappa shape index (κ3) is 4.29. The lowest BCUT2D eigenvalue weighted by Gasteiger charge is -2.28. The lowest BCUT2D eigenvalue weighted by Crippen LogP contribution is -2.12. The average molecular weight is 321 g/mol. The molecule has 0 bridgehead atoms. The second kappa shape index (κ2) is 8.51. The Hall–Kier alpha value is -1.56. The molecule has 1 saturated carbocycles. The summed E-state index contributed by atoms with van der Waals surface area (Å²) in [4.78, 5) is 0. The minimum Gasteiger partial charge on any atom is -0.0654 e. The highest BCUT2D eigenvalue weighted by molar-refractivity contribution is 5.64. The van der Waals surface area contributed by atoms with Crippen molar-refractivity contribution in [1.29, 1.82) is 0 Å². The second-order valence-electron chi connectivity index (χ2n) is 7.55. The molecular formula is C24H32. The number of unbranched alkanes of at least 4 members (excludes halogenated alkanes) is 1. The van der Waals surface area contributed by atoms with Crippen LogP contribution in [-0.2, 0) is 6.42 Å². The van der Waals surface area contributed by atoms with Crippen LogP contribution in [0, 0.1) is 5.92 Å². The van der Waals surface area contributed by atoms with Crippen molar-refractivity contribution >= 4 is 0 Å². The highest BCUT2D eigenvalue weighted by Crippen LogP contribution is 2.37. The molecule has 2 aromatic carbocycles. The van der Waals surface area contributed by atoms with Gasteiger partial charge in [-0.3, -0.25) is 0 Å². The molecule has 0 aromatic heterocycles. The molecule has 0 unspecified atom stereocenters. The van der Waals surface area contributed by atoms with Gasteiger partial charge in [0.15, 0.2) is 0 Å². The molecular weight excluding hydrogens is 288 g/mol. The van der Waals surface area contributed by atoms with Crippen molar-refractivity contribution in [3.8, 4) is 11.1 Å². The van der Waals surface area contributed by atoms with Gasteiger partial charge < -0.3 is 0 Å². The Morgan fingerprint density at radius 2 is 1.33 bits per heavy atom. The fourth-order valence-electron chi connectivity index (χ4n) is 4.10. The predicted molar refractivity (Wildman–Crippen MR) is 105 cm³/mol. The number of aryl methyl sites for hydroxylation is 1. The molecule has 24 heavy (non-hydrogen) atoms. The summed E-state index contributed by atoms with van der Waals surface area (Å²) < 4.78 is 0. The molecule has 0 aliphatic heterocycles. The fraction of sp³-hybridized carbons (Fsp3) is 0.500. The quantitative estimate of drug-likeness (QED) is 0.521. The van der Waals surface area contributed by atoms with Crippen LogP contribution in [-0.4, -0.2) is 0 Å². The number of rotatable bonds is 6. The van der Waals surface area contributed by atoms with E-state index in [1.807, 2.05) is 0 Å². The maximum absolute atomic E-state index is 2.37. The lowest BCUT2D eigenvalue weighted by atomic mass is 9.77. The van der Waals surface area contributed by atoms with Gasteiger partial charge in [0, 0.05) is 0 Å². The minimum atomic E-state index is 0.790. The first kappa shape index (κ1) is 17.3. The molecule has 0 amide bonds. The van der Waals surface area contributed by atoms with Gasteiger partial charge in [-0.25, -0.2) is 0 Å². The van der Waals surface area contributed by atoms with E-state index >= 15 is 0 Å². The summed E-state index contributed by atoms with van der Waals surface area (Å²) in [5.41, 5.74) is 5.71. The van der Waals surface area contributed by atoms with Gasteiger partial charge in [0.2, 0.25) is 0 Å². The van der Waals surface area contributed by atoms with E-state index < -0.39 is 0 Å². The minimum absolute atomic E-state index is 0.790. The molecule has 128 valence electrons. The average Bonchev–Trinajstić information content (AvgIpc) is 2.67. The van der Waals surface area contributed by atoms with Gasteiger partial charge >= 0.3 is 0 Å². The maximum Gasteiger partial charge on any atom is -0.0162 e. The first-order valence-corrected chi connectivity index (χ1v) is 9.99. The standard InChI is InChI=1S/C24H32/c1-3-5-6-20-9-13-22(14-10-20)24-17-15-23(16-18-24)21-11-7-19(4-2)8-12-21/h9-10,13-19,21H,3-8,11-12H2,1-2H3. The third-order valence-corrected chi connectivity index (χ3v) is 5.91. The van der Waals surface area contributed by atoms with Crippen LogP contribution in [0.4, 0.5) is 0 Å². The molecule has 2 aromatic rings. The van der Waals surface area contributed by atoms with Gasteiger partial charge in [-0.2, -0.15) is 0 Å². The van der Waals surface area contributed by atoms with Gasteiger partial charge in [0.05, 0.1) is 0 Å². The predicted octanol–water partition coefficient (Wildman–Crippen LogP) is 7.38. The summed E-state index contributed by atoms with van der Waals surface area (Å²) in [5.74, 6) is 1.77. The van der Waals surface area contributed by atoms with E-state index in [4.69, 9.17) is 0 Å². The van der Waals surface area contributed by atoms with Crippen molar-refractivity contribution in [2.24, 2.45) is 5.92 Å². The van der Waals surface area contributed by atoms with Gasteiger partial charge in [0.1, 0.15) is 0 Å². The topological polar surface area (TPSA) is 0 Å². The molecule has 3 rings (SSSR count). The van der Waals surface area contributed by atoms with Crippen molar-refractivity contribution in [2.45, 2.75) is 71.1 Å². The van der Waals surface area contributed by atoms with Crippen LogP contribution in [0.25, 0.3) is 11.1 Å². The SMILES string of the molecule is CCCCc1ccc(-c2ccc(C3CCC(CC)CC3)cc2)cc1. The van der Waals surface area contributed by atoms with Crippen molar-refractivity contribution in [3.05, 3.63) is 59.7 Å². The zero-order chi connectivity index (χ0) is 16.8. The van der Waals surface area contributed by atoms with Crippen molar-refractivity contribution in [3.63, 3.8) is 0 Å². The van der Waals surface area contributed by atoms with E-state index in [1.54, 1.807) is 5.56 Å². The molecule has 1 aliphatic rings. The van der Waals surface area contributed by atoms with Crippen LogP contribution in [0.2, 0.25) is 0 Å². The monoisotopic (exact) mass is 320 g/mol. The van der Waals surface area contributed by atoms with Crippen molar-refractivity contribution in [2.75, 3.05) is 0 Å². The second-order valence-corrected chi connectivity index (χ2v) is 7.55. The Morgan fingerprint density at radius 3 is 1.88 bits per heavy atom. The normalized spacial score (nSPS) is 20.9. The number of benzene rings is 2. The first-order valence-electron chi connectivity index (χ1n) is 9.99. The van der Waals surface area contributed by atoms with E-state index in [1.165, 1.54) is 68.1 Å². The summed E-state index contributed by atoms with van der Waals surface area (Å²) in [5, 5.41) is 0. The maximum atomic E-state index is 2.37. The van der Waals surface area contributed by atoms with Crippen LogP contribution in [0.1, 0.15) is 75.8 Å². The lowest BCUT2D eigenvalue weighted by molar-refractivity contribution is 0.319. The van der Waals surface area contributed by atoms with Crippen LogP contribution in [0.3, 0.4) is 0 Å². The van der Waals surface area contributed by atoms with Gasteiger partial charge in [0.25, 0.3) is 0 Å². The Balaban J connectivity index is 1.64. The molecule has 0 spiro atoms. The van der Waals surface area contributed by atoms with E-state index in [-0.39, 0.29) is 0 Å². The van der Waals surface area contributed by atoms with Crippen LogP contribution in [0.15, 0.2) is 48.5 Å². The molecule has 0 heteroatoms. The van der Waals surface area contributed by atoms with Crippen LogP contribution < -0.4 is 0 Å². The molecule has 0 atom stereocenters.